The molecular formula is C14H15N3O3. The highest BCUT2D eigenvalue weighted by Crippen LogP contribution is 2.22. The maximum atomic E-state index is 10.6. The maximum absolute atomic E-state index is 10.6. The third-order valence-electron chi connectivity index (χ3n) is 2.90. The van der Waals surface area contributed by atoms with Crippen molar-refractivity contribution < 1.29 is 10.0 Å². The molecule has 0 spiro atoms. The fourth-order valence-corrected chi connectivity index (χ4v) is 1.89. The summed E-state index contributed by atoms with van der Waals surface area (Å²) in [7, 11) is 0. The van der Waals surface area contributed by atoms with Crippen molar-refractivity contribution >= 4 is 11.5 Å². The number of nitrogens with one attached hydrogen (secondary N) is 1. The number of aromatic nitrogens is 1. The van der Waals surface area contributed by atoms with Gasteiger partial charge in [0.25, 0.3) is 5.69 Å². The summed E-state index contributed by atoms with van der Waals surface area (Å²) in [4.78, 5) is 14.1. The average molecular weight is 273 g/mol. The van der Waals surface area contributed by atoms with E-state index in [1.54, 1.807) is 6.07 Å². The molecule has 0 bridgehead atoms. The maximum Gasteiger partial charge on any atom is 0.287 e. The molecule has 6 nitrogen and oxygen atoms in total. The molecule has 1 heterocycles. The lowest BCUT2D eigenvalue weighted by molar-refractivity contribution is -0.385. The molecule has 1 aromatic carbocycles. The number of aliphatic hydroxyl groups is 1. The Hall–Kier alpha value is -2.47. The van der Waals surface area contributed by atoms with Crippen LogP contribution in [0.1, 0.15) is 18.0 Å². The quantitative estimate of drug-likeness (QED) is 0.623. The number of aliphatic hydroxyl groups excluding tert-OH is 1. The van der Waals surface area contributed by atoms with E-state index in [-0.39, 0.29) is 18.3 Å². The Kier molecular flexibility index (Phi) is 4.62. The molecule has 0 saturated carbocycles. The number of anilines is 1. The van der Waals surface area contributed by atoms with Gasteiger partial charge in [-0.2, -0.15) is 0 Å². The molecule has 2 N–H and O–H groups in total. The lowest BCUT2D eigenvalue weighted by Crippen LogP contribution is -2.13. The van der Waals surface area contributed by atoms with E-state index in [9.17, 15) is 10.1 Å². The Morgan fingerprint density at radius 1 is 1.25 bits per heavy atom. The van der Waals surface area contributed by atoms with Gasteiger partial charge in [-0.1, -0.05) is 30.3 Å². The topological polar surface area (TPSA) is 88.3 Å². The van der Waals surface area contributed by atoms with Crippen LogP contribution in [-0.2, 0) is 0 Å². The Labute approximate surface area is 116 Å². The van der Waals surface area contributed by atoms with Crippen LogP contribution >= 0.6 is 0 Å². The van der Waals surface area contributed by atoms with Gasteiger partial charge in [0.2, 0.25) is 0 Å². The van der Waals surface area contributed by atoms with Gasteiger partial charge < -0.3 is 10.4 Å². The molecule has 1 atom stereocenters. The van der Waals surface area contributed by atoms with Crippen molar-refractivity contribution in [2.24, 2.45) is 0 Å². The van der Waals surface area contributed by atoms with Crippen LogP contribution in [0.2, 0.25) is 0 Å². The largest absolute Gasteiger partial charge is 0.396 e. The van der Waals surface area contributed by atoms with Gasteiger partial charge in [0, 0.05) is 12.7 Å². The summed E-state index contributed by atoms with van der Waals surface area (Å²) in [5.74, 6) is 0.540. The van der Waals surface area contributed by atoms with E-state index < -0.39 is 4.92 Å². The van der Waals surface area contributed by atoms with Gasteiger partial charge >= 0.3 is 0 Å². The lowest BCUT2D eigenvalue weighted by Gasteiger charge is -2.18. The average Bonchev–Trinajstić information content (AvgIpc) is 2.48. The molecule has 0 aliphatic rings. The zero-order chi connectivity index (χ0) is 14.4. The molecule has 104 valence electrons. The Bertz CT molecular complexity index is 558. The van der Waals surface area contributed by atoms with Crippen LogP contribution in [0.15, 0.2) is 48.7 Å². The fraction of sp³-hybridized carbons (Fsp3) is 0.214. The fourth-order valence-electron chi connectivity index (χ4n) is 1.89. The van der Waals surface area contributed by atoms with Crippen molar-refractivity contribution in [3.8, 4) is 0 Å². The second kappa shape index (κ2) is 6.63. The minimum absolute atomic E-state index is 0.0412. The first-order valence-electron chi connectivity index (χ1n) is 6.23. The van der Waals surface area contributed by atoms with Crippen molar-refractivity contribution in [3.05, 3.63) is 64.3 Å². The van der Waals surface area contributed by atoms with Crippen molar-refractivity contribution in [2.45, 2.75) is 12.5 Å². The van der Waals surface area contributed by atoms with Crippen LogP contribution < -0.4 is 5.32 Å². The van der Waals surface area contributed by atoms with Gasteiger partial charge in [-0.05, 0) is 18.1 Å². The molecule has 2 aromatic rings. The van der Waals surface area contributed by atoms with Crippen LogP contribution in [0.25, 0.3) is 0 Å². The van der Waals surface area contributed by atoms with E-state index in [1.807, 2.05) is 30.3 Å². The summed E-state index contributed by atoms with van der Waals surface area (Å²) in [6, 6.07) is 12.5. The van der Waals surface area contributed by atoms with Gasteiger partial charge in [-0.3, -0.25) is 10.1 Å². The van der Waals surface area contributed by atoms with Gasteiger partial charge in [0.15, 0.2) is 0 Å². The van der Waals surface area contributed by atoms with Crippen LogP contribution in [0.3, 0.4) is 0 Å². The van der Waals surface area contributed by atoms with Gasteiger partial charge in [-0.25, -0.2) is 4.98 Å². The number of nitro groups is 1. The molecule has 20 heavy (non-hydrogen) atoms. The van der Waals surface area contributed by atoms with Gasteiger partial charge in [-0.15, -0.1) is 0 Å². The van der Waals surface area contributed by atoms with Crippen LogP contribution in [0, 0.1) is 10.1 Å². The van der Waals surface area contributed by atoms with Crippen molar-refractivity contribution in [1.82, 2.24) is 4.98 Å². The molecule has 0 radical (unpaired) electrons. The highest BCUT2D eigenvalue weighted by Gasteiger charge is 2.12. The molecule has 6 heteroatoms. The van der Waals surface area contributed by atoms with E-state index in [0.29, 0.717) is 12.2 Å². The van der Waals surface area contributed by atoms with E-state index in [4.69, 9.17) is 5.11 Å². The second-order valence-electron chi connectivity index (χ2n) is 4.28. The molecular weight excluding hydrogens is 258 g/mol. The number of hydrogen-bond donors (Lipinski definition) is 2. The van der Waals surface area contributed by atoms with Crippen molar-refractivity contribution in [3.63, 3.8) is 0 Å². The third kappa shape index (κ3) is 3.52. The summed E-state index contributed by atoms with van der Waals surface area (Å²) in [6.07, 6.45) is 1.74. The van der Waals surface area contributed by atoms with E-state index in [2.05, 4.69) is 10.3 Å². The molecule has 0 aliphatic carbocycles. The Morgan fingerprint density at radius 3 is 2.55 bits per heavy atom. The first-order valence-corrected chi connectivity index (χ1v) is 6.23. The number of hydrogen-bond acceptors (Lipinski definition) is 5. The summed E-state index contributed by atoms with van der Waals surface area (Å²) in [6.45, 7) is 0.0412. The molecule has 0 unspecified atom stereocenters. The minimum Gasteiger partial charge on any atom is -0.396 e. The molecule has 0 aliphatic heterocycles. The molecule has 2 rings (SSSR count). The number of benzene rings is 1. The molecule has 0 saturated heterocycles. The van der Waals surface area contributed by atoms with Gasteiger partial charge in [0.1, 0.15) is 12.0 Å². The van der Waals surface area contributed by atoms with Crippen molar-refractivity contribution in [1.29, 1.82) is 0 Å². The van der Waals surface area contributed by atoms with Crippen LogP contribution in [-0.4, -0.2) is 21.6 Å². The predicted molar refractivity (Wildman–Crippen MR) is 75.4 cm³/mol. The highest BCUT2D eigenvalue weighted by atomic mass is 16.6. The highest BCUT2D eigenvalue weighted by molar-refractivity contribution is 5.42. The predicted octanol–water partition coefficient (Wildman–Crippen LogP) is 2.53. The monoisotopic (exact) mass is 273 g/mol. The van der Waals surface area contributed by atoms with E-state index >= 15 is 0 Å². The Balaban J connectivity index is 2.14. The summed E-state index contributed by atoms with van der Waals surface area (Å²) < 4.78 is 0. The van der Waals surface area contributed by atoms with E-state index in [0.717, 1.165) is 5.56 Å². The molecule has 0 amide bonds. The number of pyridine rings is 1. The molecule has 1 aromatic heterocycles. The zero-order valence-corrected chi connectivity index (χ0v) is 10.8. The van der Waals surface area contributed by atoms with Crippen LogP contribution in [0.5, 0.6) is 0 Å². The second-order valence-corrected chi connectivity index (χ2v) is 4.28. The minimum atomic E-state index is -0.487. The number of rotatable bonds is 6. The van der Waals surface area contributed by atoms with Gasteiger partial charge in [0.05, 0.1) is 11.0 Å². The zero-order valence-electron chi connectivity index (χ0n) is 10.8. The smallest absolute Gasteiger partial charge is 0.287 e. The van der Waals surface area contributed by atoms with Crippen molar-refractivity contribution in [2.75, 3.05) is 11.9 Å². The summed E-state index contributed by atoms with van der Waals surface area (Å²) in [5.41, 5.74) is 0.982. The van der Waals surface area contributed by atoms with E-state index in [1.165, 1.54) is 12.3 Å². The Morgan fingerprint density at radius 2 is 2.00 bits per heavy atom. The first kappa shape index (κ1) is 14.0. The summed E-state index contributed by atoms with van der Waals surface area (Å²) in [5, 5.41) is 22.9. The summed E-state index contributed by atoms with van der Waals surface area (Å²) >= 11 is 0. The molecule has 0 fully saturated rings. The SMILES string of the molecule is O=[N+]([O-])c1ccc(N[C@@H](CCO)c2ccccc2)nc1. The first-order chi connectivity index (χ1) is 9.70. The standard InChI is InChI=1S/C14H15N3O3/c18-9-8-13(11-4-2-1-3-5-11)16-14-7-6-12(10-15-14)17(19)20/h1-7,10,13,18H,8-9H2,(H,15,16)/t13-/m0/s1. The normalized spacial score (nSPS) is 11.8. The number of nitrogens with zero attached hydrogens (tertiary/aromatic N) is 2. The lowest BCUT2D eigenvalue weighted by atomic mass is 10.0. The third-order valence-corrected chi connectivity index (χ3v) is 2.90. The van der Waals surface area contributed by atoms with Crippen LogP contribution in [0.4, 0.5) is 11.5 Å².